The molecule has 7 nitrogen and oxygen atoms in total. The van der Waals surface area contributed by atoms with Crippen molar-refractivity contribution in [1.29, 1.82) is 5.26 Å². The summed E-state index contributed by atoms with van der Waals surface area (Å²) in [7, 11) is 3.00. The van der Waals surface area contributed by atoms with Crippen LogP contribution in [0.2, 0.25) is 0 Å². The van der Waals surface area contributed by atoms with Crippen molar-refractivity contribution in [3.8, 4) is 17.6 Å². The third-order valence-corrected chi connectivity index (χ3v) is 3.57. The second-order valence-corrected chi connectivity index (χ2v) is 5.01. The van der Waals surface area contributed by atoms with Crippen molar-refractivity contribution in [2.75, 3.05) is 19.5 Å². The molecular formula is C16H17N3O4. The summed E-state index contributed by atoms with van der Waals surface area (Å²) in [6.45, 7) is 1.60. The minimum Gasteiger partial charge on any atom is -0.497 e. The maximum absolute atomic E-state index is 12.5. The summed E-state index contributed by atoms with van der Waals surface area (Å²) in [6, 6.07) is 6.97. The first-order valence-electron chi connectivity index (χ1n) is 6.93. The van der Waals surface area contributed by atoms with Gasteiger partial charge < -0.3 is 20.1 Å². The molecule has 0 saturated carbocycles. The van der Waals surface area contributed by atoms with Gasteiger partial charge in [0.05, 0.1) is 37.5 Å². The number of carbonyl (C=O) groups is 2. The monoisotopic (exact) mass is 315 g/mol. The lowest BCUT2D eigenvalue weighted by atomic mass is 9.90. The standard InChI is InChI=1S/C16H17N3O4/c1-9-12(8-17)11(7-15(20)18-9)16(21)19-13-6-10(22-2)4-5-14(13)23-3/h4-6,11H,7H2,1-3H3,(H,18,20)(H,19,21)/t11-/m0/s1. The fourth-order valence-electron chi connectivity index (χ4n) is 2.39. The number of hydrogen-bond donors (Lipinski definition) is 2. The third-order valence-electron chi connectivity index (χ3n) is 3.57. The Kier molecular flexibility index (Phi) is 4.86. The summed E-state index contributed by atoms with van der Waals surface area (Å²) >= 11 is 0. The van der Waals surface area contributed by atoms with Gasteiger partial charge in [-0.1, -0.05) is 0 Å². The molecule has 1 aliphatic heterocycles. The van der Waals surface area contributed by atoms with Crippen LogP contribution in [0.3, 0.4) is 0 Å². The molecule has 2 rings (SSSR count). The normalized spacial score (nSPS) is 17.1. The molecule has 0 radical (unpaired) electrons. The predicted octanol–water partition coefficient (Wildman–Crippen LogP) is 1.58. The number of rotatable bonds is 4. The molecule has 0 aromatic heterocycles. The number of nitrogens with one attached hydrogen (secondary N) is 2. The van der Waals surface area contributed by atoms with Gasteiger partial charge in [0, 0.05) is 18.2 Å². The number of ether oxygens (including phenoxy) is 2. The smallest absolute Gasteiger partial charge is 0.233 e. The first kappa shape index (κ1) is 16.4. The number of hydrogen-bond acceptors (Lipinski definition) is 5. The predicted molar refractivity (Wildman–Crippen MR) is 82.7 cm³/mol. The van der Waals surface area contributed by atoms with Crippen molar-refractivity contribution in [3.05, 3.63) is 29.5 Å². The van der Waals surface area contributed by atoms with Gasteiger partial charge in [0.2, 0.25) is 11.8 Å². The van der Waals surface area contributed by atoms with Gasteiger partial charge in [0.25, 0.3) is 0 Å². The van der Waals surface area contributed by atoms with Crippen LogP contribution in [0.5, 0.6) is 11.5 Å². The van der Waals surface area contributed by atoms with Crippen LogP contribution >= 0.6 is 0 Å². The first-order chi connectivity index (χ1) is 11.0. The third kappa shape index (κ3) is 3.43. The summed E-state index contributed by atoms with van der Waals surface area (Å²) in [4.78, 5) is 24.2. The van der Waals surface area contributed by atoms with Crippen LogP contribution in [-0.2, 0) is 9.59 Å². The fourth-order valence-corrected chi connectivity index (χ4v) is 2.39. The number of anilines is 1. The summed E-state index contributed by atoms with van der Waals surface area (Å²) < 4.78 is 10.3. The van der Waals surface area contributed by atoms with Crippen molar-refractivity contribution in [2.24, 2.45) is 5.92 Å². The summed E-state index contributed by atoms with van der Waals surface area (Å²) in [5.41, 5.74) is 1.07. The number of amides is 2. The van der Waals surface area contributed by atoms with Crippen LogP contribution in [-0.4, -0.2) is 26.0 Å². The molecule has 0 aliphatic carbocycles. The Morgan fingerprint density at radius 2 is 2.13 bits per heavy atom. The Morgan fingerprint density at radius 1 is 1.39 bits per heavy atom. The van der Waals surface area contributed by atoms with Crippen molar-refractivity contribution >= 4 is 17.5 Å². The molecule has 1 aromatic carbocycles. The van der Waals surface area contributed by atoms with E-state index in [1.807, 2.05) is 6.07 Å². The van der Waals surface area contributed by atoms with Crippen LogP contribution in [0.1, 0.15) is 13.3 Å². The second-order valence-electron chi connectivity index (χ2n) is 5.01. The highest BCUT2D eigenvalue weighted by Gasteiger charge is 2.32. The van der Waals surface area contributed by atoms with Crippen LogP contribution in [0, 0.1) is 17.2 Å². The van der Waals surface area contributed by atoms with Crippen molar-refractivity contribution < 1.29 is 19.1 Å². The SMILES string of the molecule is COc1ccc(OC)c(NC(=O)[C@H]2CC(=O)NC(C)=C2C#N)c1. The molecule has 1 atom stereocenters. The van der Waals surface area contributed by atoms with E-state index >= 15 is 0 Å². The van der Waals surface area contributed by atoms with Crippen LogP contribution in [0.25, 0.3) is 0 Å². The van der Waals surface area contributed by atoms with Gasteiger partial charge in [-0.15, -0.1) is 0 Å². The van der Waals surface area contributed by atoms with E-state index in [4.69, 9.17) is 9.47 Å². The van der Waals surface area contributed by atoms with E-state index in [0.29, 0.717) is 22.9 Å². The van der Waals surface area contributed by atoms with Gasteiger partial charge >= 0.3 is 0 Å². The molecule has 1 aliphatic rings. The van der Waals surface area contributed by atoms with Crippen LogP contribution < -0.4 is 20.1 Å². The zero-order valence-electron chi connectivity index (χ0n) is 13.1. The zero-order chi connectivity index (χ0) is 17.0. The van der Waals surface area contributed by atoms with Gasteiger partial charge in [-0.25, -0.2) is 0 Å². The molecule has 2 amide bonds. The molecule has 0 fully saturated rings. The average molecular weight is 315 g/mol. The van der Waals surface area contributed by atoms with Crippen molar-refractivity contribution in [2.45, 2.75) is 13.3 Å². The quantitative estimate of drug-likeness (QED) is 0.878. The van der Waals surface area contributed by atoms with Crippen LogP contribution in [0.15, 0.2) is 29.5 Å². The van der Waals surface area contributed by atoms with E-state index in [0.717, 1.165) is 0 Å². The molecule has 0 unspecified atom stereocenters. The lowest BCUT2D eigenvalue weighted by Crippen LogP contribution is -2.37. The molecule has 0 spiro atoms. The topological polar surface area (TPSA) is 100 Å². The Bertz CT molecular complexity index is 719. The molecule has 120 valence electrons. The minimum absolute atomic E-state index is 0.0711. The van der Waals surface area contributed by atoms with Gasteiger partial charge in [-0.2, -0.15) is 5.26 Å². The molecule has 23 heavy (non-hydrogen) atoms. The second kappa shape index (κ2) is 6.83. The number of nitrogens with zero attached hydrogens (tertiary/aromatic N) is 1. The highest BCUT2D eigenvalue weighted by molar-refractivity contribution is 6.00. The number of benzene rings is 1. The molecule has 0 saturated heterocycles. The maximum Gasteiger partial charge on any atom is 0.233 e. The highest BCUT2D eigenvalue weighted by atomic mass is 16.5. The Labute approximate surface area is 133 Å². The first-order valence-corrected chi connectivity index (χ1v) is 6.93. The Balaban J connectivity index is 2.30. The highest BCUT2D eigenvalue weighted by Crippen LogP contribution is 2.31. The molecule has 0 bridgehead atoms. The Morgan fingerprint density at radius 3 is 2.74 bits per heavy atom. The number of carbonyl (C=O) groups excluding carboxylic acids is 2. The van der Waals surface area contributed by atoms with E-state index in [-0.39, 0.29) is 17.9 Å². The molecule has 2 N–H and O–H groups in total. The fraction of sp³-hybridized carbons (Fsp3) is 0.312. The lowest BCUT2D eigenvalue weighted by molar-refractivity contribution is -0.126. The van der Waals surface area contributed by atoms with Crippen molar-refractivity contribution in [1.82, 2.24) is 5.32 Å². The lowest BCUT2D eigenvalue weighted by Gasteiger charge is -2.23. The largest absolute Gasteiger partial charge is 0.497 e. The van der Waals surface area contributed by atoms with Gasteiger partial charge in [0.15, 0.2) is 0 Å². The zero-order valence-corrected chi connectivity index (χ0v) is 13.1. The molecule has 1 aromatic rings. The van der Waals surface area contributed by atoms with E-state index in [1.165, 1.54) is 14.2 Å². The van der Waals surface area contributed by atoms with E-state index in [9.17, 15) is 14.9 Å². The number of methoxy groups -OCH3 is 2. The summed E-state index contributed by atoms with van der Waals surface area (Å²) in [5.74, 6) is -0.556. The summed E-state index contributed by atoms with van der Waals surface area (Å²) in [6.07, 6.45) is -0.0711. The van der Waals surface area contributed by atoms with E-state index < -0.39 is 11.8 Å². The van der Waals surface area contributed by atoms with Gasteiger partial charge in [-0.05, 0) is 19.1 Å². The number of allylic oxidation sites excluding steroid dienone is 1. The Hall–Kier alpha value is -3.01. The molecular weight excluding hydrogens is 298 g/mol. The van der Waals surface area contributed by atoms with E-state index in [2.05, 4.69) is 10.6 Å². The minimum atomic E-state index is -0.829. The van der Waals surface area contributed by atoms with Gasteiger partial charge in [0.1, 0.15) is 11.5 Å². The molecule has 1 heterocycles. The van der Waals surface area contributed by atoms with Crippen molar-refractivity contribution in [3.63, 3.8) is 0 Å². The average Bonchev–Trinajstić information content (AvgIpc) is 2.54. The summed E-state index contributed by atoms with van der Waals surface area (Å²) in [5, 5.41) is 14.5. The van der Waals surface area contributed by atoms with Gasteiger partial charge in [-0.3, -0.25) is 9.59 Å². The van der Waals surface area contributed by atoms with E-state index in [1.54, 1.807) is 25.1 Å². The van der Waals surface area contributed by atoms with Crippen LogP contribution in [0.4, 0.5) is 5.69 Å². The molecule has 7 heteroatoms. The number of nitriles is 1. The maximum atomic E-state index is 12.5.